The molecule has 6 aromatic rings. The number of benzene rings is 6. The minimum Gasteiger partial charge on any atom is -0.356 e. The molecule has 2 nitrogen and oxygen atoms in total. The maximum atomic E-state index is 3.50. The van der Waals surface area contributed by atoms with E-state index in [2.05, 4.69) is 172 Å². The van der Waals surface area contributed by atoms with Crippen molar-refractivity contribution >= 4 is 22.7 Å². The zero-order chi connectivity index (χ0) is 30.3. The summed E-state index contributed by atoms with van der Waals surface area (Å²) in [6.45, 7) is 9.24. The molecule has 2 aliphatic rings. The lowest BCUT2D eigenvalue weighted by Gasteiger charge is -2.22. The maximum Gasteiger partial charge on any atom is 0.0387 e. The zero-order valence-corrected chi connectivity index (χ0v) is 25.9. The van der Waals surface area contributed by atoms with Crippen LogP contribution in [0.3, 0.4) is 0 Å². The van der Waals surface area contributed by atoms with Crippen LogP contribution in [0.25, 0.3) is 22.3 Å². The van der Waals surface area contributed by atoms with Gasteiger partial charge in [-0.05, 0) is 93.0 Å². The SMILES string of the molecule is CC1(C)c2ccccc2-c2ccc(Nc3ccccc3)cc21.CC1(C)c2ccccc2-c2ccc(Nc3ccccc3)cc21. The van der Waals surface area contributed by atoms with E-state index in [1.807, 2.05) is 12.1 Å². The molecule has 0 aromatic heterocycles. The van der Waals surface area contributed by atoms with Gasteiger partial charge in [-0.1, -0.05) is 125 Å². The van der Waals surface area contributed by atoms with E-state index in [1.165, 1.54) is 44.5 Å². The summed E-state index contributed by atoms with van der Waals surface area (Å²) in [6.07, 6.45) is 0. The second-order valence-electron chi connectivity index (χ2n) is 12.8. The van der Waals surface area contributed by atoms with E-state index in [1.54, 1.807) is 0 Å². The molecule has 0 saturated carbocycles. The summed E-state index contributed by atoms with van der Waals surface area (Å²) in [5.41, 5.74) is 15.7. The first-order valence-corrected chi connectivity index (χ1v) is 15.5. The molecule has 0 saturated heterocycles. The summed E-state index contributed by atoms with van der Waals surface area (Å²) >= 11 is 0. The molecule has 0 bridgehead atoms. The Hall–Kier alpha value is -5.08. The molecule has 0 atom stereocenters. The van der Waals surface area contributed by atoms with Crippen molar-refractivity contribution in [2.45, 2.75) is 38.5 Å². The van der Waals surface area contributed by atoms with Crippen molar-refractivity contribution in [3.05, 3.63) is 168 Å². The second-order valence-corrected chi connectivity index (χ2v) is 12.8. The average molecular weight is 571 g/mol. The van der Waals surface area contributed by atoms with Crippen LogP contribution >= 0.6 is 0 Å². The highest BCUT2D eigenvalue weighted by molar-refractivity contribution is 5.84. The van der Waals surface area contributed by atoms with Gasteiger partial charge in [-0.15, -0.1) is 0 Å². The molecule has 0 aliphatic heterocycles. The first kappa shape index (κ1) is 27.7. The Balaban J connectivity index is 0.000000142. The Morgan fingerprint density at radius 2 is 0.659 bits per heavy atom. The van der Waals surface area contributed by atoms with Crippen LogP contribution in [0.5, 0.6) is 0 Å². The third kappa shape index (κ3) is 4.87. The maximum absolute atomic E-state index is 3.50. The number of para-hydroxylation sites is 2. The van der Waals surface area contributed by atoms with E-state index in [-0.39, 0.29) is 10.8 Å². The van der Waals surface area contributed by atoms with E-state index in [4.69, 9.17) is 0 Å². The molecule has 0 amide bonds. The van der Waals surface area contributed by atoms with Crippen LogP contribution in [0.2, 0.25) is 0 Å². The monoisotopic (exact) mass is 570 g/mol. The van der Waals surface area contributed by atoms with E-state index >= 15 is 0 Å². The summed E-state index contributed by atoms with van der Waals surface area (Å²) in [6, 6.07) is 51.5. The number of hydrogen-bond acceptors (Lipinski definition) is 2. The van der Waals surface area contributed by atoms with Gasteiger partial charge >= 0.3 is 0 Å². The van der Waals surface area contributed by atoms with Crippen molar-refractivity contribution in [2.75, 3.05) is 10.6 Å². The van der Waals surface area contributed by atoms with Gasteiger partial charge in [0.25, 0.3) is 0 Å². The third-order valence-corrected chi connectivity index (χ3v) is 9.29. The fourth-order valence-electron chi connectivity index (χ4n) is 6.94. The third-order valence-electron chi connectivity index (χ3n) is 9.29. The predicted molar refractivity (Wildman–Crippen MR) is 187 cm³/mol. The molecule has 2 heteroatoms. The predicted octanol–water partition coefficient (Wildman–Crippen LogP) is 11.5. The molecular weight excluding hydrogens is 532 g/mol. The molecule has 0 heterocycles. The number of rotatable bonds is 4. The first-order chi connectivity index (χ1) is 21.3. The average Bonchev–Trinajstić information content (AvgIpc) is 3.42. The lowest BCUT2D eigenvalue weighted by atomic mass is 9.82. The molecule has 0 unspecified atom stereocenters. The van der Waals surface area contributed by atoms with Crippen molar-refractivity contribution in [1.82, 2.24) is 0 Å². The Bertz CT molecular complexity index is 1810. The topological polar surface area (TPSA) is 24.1 Å². The van der Waals surface area contributed by atoms with Crippen molar-refractivity contribution in [1.29, 1.82) is 0 Å². The molecule has 2 aliphatic carbocycles. The molecule has 216 valence electrons. The summed E-state index contributed by atoms with van der Waals surface area (Å²) < 4.78 is 0. The fraction of sp³-hybridized carbons (Fsp3) is 0.143. The van der Waals surface area contributed by atoms with Gasteiger partial charge < -0.3 is 10.6 Å². The van der Waals surface area contributed by atoms with E-state index in [9.17, 15) is 0 Å². The Morgan fingerprint density at radius 1 is 0.318 bits per heavy atom. The second kappa shape index (κ2) is 10.9. The number of fused-ring (bicyclic) bond motifs is 6. The van der Waals surface area contributed by atoms with Crippen LogP contribution in [0.1, 0.15) is 49.9 Å². The Kier molecular flexibility index (Phi) is 6.86. The van der Waals surface area contributed by atoms with Crippen LogP contribution in [0.4, 0.5) is 22.7 Å². The van der Waals surface area contributed by atoms with Gasteiger partial charge in [0, 0.05) is 33.6 Å². The lowest BCUT2D eigenvalue weighted by Crippen LogP contribution is -2.15. The summed E-state index contributed by atoms with van der Waals surface area (Å²) in [4.78, 5) is 0. The van der Waals surface area contributed by atoms with Crippen LogP contribution < -0.4 is 10.6 Å². The van der Waals surface area contributed by atoms with Crippen LogP contribution in [0.15, 0.2) is 146 Å². The van der Waals surface area contributed by atoms with Gasteiger partial charge in [-0.25, -0.2) is 0 Å². The van der Waals surface area contributed by atoms with Crippen LogP contribution in [-0.4, -0.2) is 0 Å². The van der Waals surface area contributed by atoms with Gasteiger partial charge in [0.15, 0.2) is 0 Å². The lowest BCUT2D eigenvalue weighted by molar-refractivity contribution is 0.660. The van der Waals surface area contributed by atoms with Crippen molar-refractivity contribution in [3.8, 4) is 22.3 Å². The van der Waals surface area contributed by atoms with Crippen LogP contribution in [0, 0.1) is 0 Å². The van der Waals surface area contributed by atoms with Crippen molar-refractivity contribution < 1.29 is 0 Å². The summed E-state index contributed by atoms with van der Waals surface area (Å²) in [5, 5.41) is 7.00. The molecule has 0 spiro atoms. The zero-order valence-electron chi connectivity index (χ0n) is 25.9. The van der Waals surface area contributed by atoms with E-state index < -0.39 is 0 Å². The fourth-order valence-corrected chi connectivity index (χ4v) is 6.94. The Morgan fingerprint density at radius 3 is 1.07 bits per heavy atom. The minimum atomic E-state index is 0.0559. The number of hydrogen-bond donors (Lipinski definition) is 2. The molecule has 0 radical (unpaired) electrons. The smallest absolute Gasteiger partial charge is 0.0387 e. The standard InChI is InChI=1S/2C21H19N/c2*1-21(2)19-11-7-6-10-17(19)18-13-12-16(14-20(18)21)22-15-8-4-3-5-9-15/h2*3-14,22H,1-2H3. The van der Waals surface area contributed by atoms with Gasteiger partial charge in [-0.3, -0.25) is 0 Å². The van der Waals surface area contributed by atoms with E-state index in [0.29, 0.717) is 0 Å². The quantitative estimate of drug-likeness (QED) is 0.220. The highest BCUT2D eigenvalue weighted by Gasteiger charge is 2.36. The molecule has 0 fully saturated rings. The largest absolute Gasteiger partial charge is 0.356 e. The van der Waals surface area contributed by atoms with Gasteiger partial charge in [0.2, 0.25) is 0 Å². The highest BCUT2D eigenvalue weighted by atomic mass is 14.9. The van der Waals surface area contributed by atoms with E-state index in [0.717, 1.165) is 22.7 Å². The highest BCUT2D eigenvalue weighted by Crippen LogP contribution is 2.50. The molecule has 2 N–H and O–H groups in total. The molecular formula is C42H38N2. The Labute approximate surface area is 261 Å². The van der Waals surface area contributed by atoms with Crippen molar-refractivity contribution in [3.63, 3.8) is 0 Å². The van der Waals surface area contributed by atoms with Crippen LogP contribution in [-0.2, 0) is 10.8 Å². The van der Waals surface area contributed by atoms with Gasteiger partial charge in [0.05, 0.1) is 0 Å². The molecule has 44 heavy (non-hydrogen) atoms. The molecule has 6 aromatic carbocycles. The number of anilines is 4. The summed E-state index contributed by atoms with van der Waals surface area (Å²) in [5.74, 6) is 0. The summed E-state index contributed by atoms with van der Waals surface area (Å²) in [7, 11) is 0. The number of nitrogens with one attached hydrogen (secondary N) is 2. The minimum absolute atomic E-state index is 0.0559. The first-order valence-electron chi connectivity index (χ1n) is 15.5. The molecule has 8 rings (SSSR count). The van der Waals surface area contributed by atoms with Gasteiger partial charge in [0.1, 0.15) is 0 Å². The normalized spacial score (nSPS) is 14.3. The van der Waals surface area contributed by atoms with Gasteiger partial charge in [-0.2, -0.15) is 0 Å². The van der Waals surface area contributed by atoms with Crippen molar-refractivity contribution in [2.24, 2.45) is 0 Å².